The average molecular weight is 246 g/mol. The molecule has 0 radical (unpaired) electrons. The van der Waals surface area contributed by atoms with Crippen molar-refractivity contribution in [2.45, 2.75) is 19.4 Å². The van der Waals surface area contributed by atoms with Gasteiger partial charge in [0, 0.05) is 18.5 Å². The van der Waals surface area contributed by atoms with E-state index in [1.165, 1.54) is 11.3 Å². The number of thiazole rings is 1. The number of anilines is 1. The highest BCUT2D eigenvalue weighted by atomic mass is 35.5. The lowest BCUT2D eigenvalue weighted by atomic mass is 10.1. The number of carbonyl (C=O) groups excluding carboxylic acids is 1. The number of hydrogen-bond acceptors (Lipinski definition) is 4. The van der Waals surface area contributed by atoms with Gasteiger partial charge in [-0.05, 0) is 6.42 Å². The van der Waals surface area contributed by atoms with Crippen LogP contribution in [0.25, 0.3) is 0 Å². The highest BCUT2D eigenvalue weighted by Crippen LogP contribution is 2.26. The van der Waals surface area contributed by atoms with Gasteiger partial charge in [-0.2, -0.15) is 0 Å². The van der Waals surface area contributed by atoms with E-state index in [1.807, 2.05) is 11.8 Å². The highest BCUT2D eigenvalue weighted by molar-refractivity contribution is 7.14. The van der Waals surface area contributed by atoms with Crippen molar-refractivity contribution in [3.05, 3.63) is 10.5 Å². The summed E-state index contributed by atoms with van der Waals surface area (Å²) in [6.45, 7) is 3.47. The number of nitrogens with one attached hydrogen (secondary N) is 1. The SMILES string of the molecule is CCC1C(=O)NCCN1c1nc(Cl)cs1. The van der Waals surface area contributed by atoms with Crippen LogP contribution in [0.1, 0.15) is 13.3 Å². The zero-order valence-corrected chi connectivity index (χ0v) is 9.94. The van der Waals surface area contributed by atoms with Gasteiger partial charge in [0.25, 0.3) is 0 Å². The third-order valence-electron chi connectivity index (χ3n) is 2.43. The Kier molecular flexibility index (Phi) is 3.11. The molecule has 1 aromatic heterocycles. The second-order valence-electron chi connectivity index (χ2n) is 3.36. The van der Waals surface area contributed by atoms with Gasteiger partial charge in [-0.15, -0.1) is 11.3 Å². The van der Waals surface area contributed by atoms with Crippen LogP contribution in [0.3, 0.4) is 0 Å². The van der Waals surface area contributed by atoms with Crippen LogP contribution in [0.2, 0.25) is 5.15 Å². The second-order valence-corrected chi connectivity index (χ2v) is 4.59. The quantitative estimate of drug-likeness (QED) is 0.859. The molecule has 1 saturated heterocycles. The topological polar surface area (TPSA) is 45.2 Å². The van der Waals surface area contributed by atoms with E-state index >= 15 is 0 Å². The molecule has 1 unspecified atom stereocenters. The molecule has 4 nitrogen and oxygen atoms in total. The van der Waals surface area contributed by atoms with Gasteiger partial charge < -0.3 is 10.2 Å². The summed E-state index contributed by atoms with van der Waals surface area (Å²) in [5.74, 6) is 0.0788. The van der Waals surface area contributed by atoms with Gasteiger partial charge in [0.2, 0.25) is 5.91 Å². The minimum Gasteiger partial charge on any atom is -0.353 e. The Bertz CT molecular complexity index is 368. The molecule has 1 atom stereocenters. The molecule has 2 heterocycles. The van der Waals surface area contributed by atoms with E-state index in [-0.39, 0.29) is 11.9 Å². The molecule has 1 aliphatic rings. The lowest BCUT2D eigenvalue weighted by Crippen LogP contribution is -2.55. The van der Waals surface area contributed by atoms with E-state index in [0.717, 1.165) is 18.1 Å². The zero-order chi connectivity index (χ0) is 10.8. The number of aromatic nitrogens is 1. The van der Waals surface area contributed by atoms with E-state index in [9.17, 15) is 4.79 Å². The highest BCUT2D eigenvalue weighted by Gasteiger charge is 2.29. The summed E-state index contributed by atoms with van der Waals surface area (Å²) >= 11 is 7.26. The summed E-state index contributed by atoms with van der Waals surface area (Å²) in [6.07, 6.45) is 0.781. The molecular formula is C9H12ClN3OS. The maximum absolute atomic E-state index is 11.6. The van der Waals surface area contributed by atoms with Gasteiger partial charge in [0.1, 0.15) is 11.2 Å². The first-order valence-electron chi connectivity index (χ1n) is 4.87. The number of piperazine rings is 1. The smallest absolute Gasteiger partial charge is 0.242 e. The number of hydrogen-bond donors (Lipinski definition) is 1. The van der Waals surface area contributed by atoms with Crippen molar-refractivity contribution in [2.75, 3.05) is 18.0 Å². The van der Waals surface area contributed by atoms with Crippen molar-refractivity contribution < 1.29 is 4.79 Å². The third-order valence-corrected chi connectivity index (χ3v) is 3.63. The predicted octanol–water partition coefficient (Wildman–Crippen LogP) is 1.51. The fraction of sp³-hybridized carbons (Fsp3) is 0.556. The van der Waals surface area contributed by atoms with Crippen LogP contribution >= 0.6 is 22.9 Å². The molecule has 1 amide bonds. The largest absolute Gasteiger partial charge is 0.353 e. The van der Waals surface area contributed by atoms with Gasteiger partial charge in [0.05, 0.1) is 0 Å². The molecule has 2 rings (SSSR count). The molecule has 15 heavy (non-hydrogen) atoms. The maximum atomic E-state index is 11.6. The van der Waals surface area contributed by atoms with Crippen LogP contribution in [0.5, 0.6) is 0 Å². The van der Waals surface area contributed by atoms with Gasteiger partial charge in [-0.3, -0.25) is 4.79 Å². The van der Waals surface area contributed by atoms with Crippen LogP contribution in [0.4, 0.5) is 5.13 Å². The summed E-state index contributed by atoms with van der Waals surface area (Å²) in [6, 6.07) is -0.110. The Morgan fingerprint density at radius 3 is 3.20 bits per heavy atom. The third kappa shape index (κ3) is 2.08. The Labute approximate surface area is 97.2 Å². The van der Waals surface area contributed by atoms with E-state index in [1.54, 1.807) is 5.38 Å². The van der Waals surface area contributed by atoms with E-state index in [4.69, 9.17) is 11.6 Å². The summed E-state index contributed by atoms with van der Waals surface area (Å²) < 4.78 is 0. The van der Waals surface area contributed by atoms with Crippen molar-refractivity contribution in [1.29, 1.82) is 0 Å². The van der Waals surface area contributed by atoms with Crippen molar-refractivity contribution in [3.63, 3.8) is 0 Å². The molecular weight excluding hydrogens is 234 g/mol. The Hall–Kier alpha value is -0.810. The second kappa shape index (κ2) is 4.37. The van der Waals surface area contributed by atoms with Crippen molar-refractivity contribution >= 4 is 34.0 Å². The van der Waals surface area contributed by atoms with Crippen LogP contribution in [0.15, 0.2) is 5.38 Å². The van der Waals surface area contributed by atoms with Crippen LogP contribution < -0.4 is 10.2 Å². The minimum atomic E-state index is -0.110. The normalized spacial score (nSPS) is 21.6. The molecule has 1 aliphatic heterocycles. The molecule has 0 aromatic carbocycles. The molecule has 1 N–H and O–H groups in total. The van der Waals surface area contributed by atoms with Gasteiger partial charge >= 0.3 is 0 Å². The van der Waals surface area contributed by atoms with Crippen molar-refractivity contribution in [1.82, 2.24) is 10.3 Å². The van der Waals surface area contributed by atoms with Crippen molar-refractivity contribution in [2.24, 2.45) is 0 Å². The summed E-state index contributed by atoms with van der Waals surface area (Å²) in [4.78, 5) is 17.8. The summed E-state index contributed by atoms with van der Waals surface area (Å²) in [5, 5.41) is 5.97. The summed E-state index contributed by atoms with van der Waals surface area (Å²) in [5.41, 5.74) is 0. The number of amides is 1. The molecule has 0 aliphatic carbocycles. The zero-order valence-electron chi connectivity index (χ0n) is 8.36. The lowest BCUT2D eigenvalue weighted by molar-refractivity contribution is -0.123. The van der Waals surface area contributed by atoms with Crippen LogP contribution in [0, 0.1) is 0 Å². The standard InChI is InChI=1S/C9H12ClN3OS/c1-2-6-8(14)11-3-4-13(6)9-12-7(10)5-15-9/h5-6H,2-4H2,1H3,(H,11,14). The maximum Gasteiger partial charge on any atom is 0.242 e. The molecule has 0 saturated carbocycles. The molecule has 0 bridgehead atoms. The van der Waals surface area contributed by atoms with Crippen molar-refractivity contribution in [3.8, 4) is 0 Å². The van der Waals surface area contributed by atoms with Crippen LogP contribution in [-0.2, 0) is 4.79 Å². The number of nitrogens with zero attached hydrogens (tertiary/aromatic N) is 2. The Morgan fingerprint density at radius 2 is 2.60 bits per heavy atom. The van der Waals surface area contributed by atoms with Gasteiger partial charge in [0.15, 0.2) is 5.13 Å². The molecule has 0 spiro atoms. The number of carbonyl (C=O) groups is 1. The summed E-state index contributed by atoms with van der Waals surface area (Å²) in [7, 11) is 0. The van der Waals surface area contributed by atoms with E-state index < -0.39 is 0 Å². The molecule has 1 aromatic rings. The fourth-order valence-electron chi connectivity index (χ4n) is 1.73. The van der Waals surface area contributed by atoms with Crippen LogP contribution in [-0.4, -0.2) is 30.0 Å². The molecule has 6 heteroatoms. The first-order chi connectivity index (χ1) is 7.22. The lowest BCUT2D eigenvalue weighted by Gasteiger charge is -2.34. The monoisotopic (exact) mass is 245 g/mol. The van der Waals surface area contributed by atoms with E-state index in [0.29, 0.717) is 11.7 Å². The minimum absolute atomic E-state index is 0.0788. The Balaban J connectivity index is 2.22. The van der Waals surface area contributed by atoms with Gasteiger partial charge in [-0.1, -0.05) is 18.5 Å². The van der Waals surface area contributed by atoms with Gasteiger partial charge in [-0.25, -0.2) is 4.98 Å². The first kappa shape index (κ1) is 10.7. The molecule has 1 fully saturated rings. The average Bonchev–Trinajstić information content (AvgIpc) is 2.64. The van der Waals surface area contributed by atoms with E-state index in [2.05, 4.69) is 10.3 Å². The first-order valence-corrected chi connectivity index (χ1v) is 6.13. The number of halogens is 1. The number of rotatable bonds is 2. The fourth-order valence-corrected chi connectivity index (χ4v) is 2.75. The molecule has 82 valence electrons. The Morgan fingerprint density at radius 1 is 1.80 bits per heavy atom. The predicted molar refractivity (Wildman–Crippen MR) is 61.6 cm³/mol.